The molecule has 4 heterocycles. The second kappa shape index (κ2) is 42.8. The monoisotopic (exact) mass is 1380 g/mol. The topological polar surface area (TPSA) is 96.8 Å². The van der Waals surface area contributed by atoms with Crippen LogP contribution in [0.5, 0.6) is 0 Å². The van der Waals surface area contributed by atoms with E-state index in [0.29, 0.717) is 23.1 Å². The Labute approximate surface area is 409 Å². The number of aromatic nitrogens is 4. The molecular weight excluding hydrogens is 1330 g/mol. The zero-order valence-electron chi connectivity index (χ0n) is 33.3. The number of fused-ring (bicyclic) bond motifs is 2. The van der Waals surface area contributed by atoms with Crippen molar-refractivity contribution in [3.63, 3.8) is 0 Å². The molecule has 2 radical (unpaired) electrons. The summed E-state index contributed by atoms with van der Waals surface area (Å²) in [6, 6.07) is 21.3. The van der Waals surface area contributed by atoms with Crippen LogP contribution in [0.2, 0.25) is 0 Å². The van der Waals surface area contributed by atoms with E-state index in [2.05, 4.69) is 72.2 Å². The van der Waals surface area contributed by atoms with E-state index in [1.807, 2.05) is 143 Å². The Kier molecular flexibility index (Phi) is 53.2. The molecule has 0 saturated heterocycles. The molecule has 0 bridgehead atoms. The number of hydrogen-bond donors (Lipinski definition) is 0. The van der Waals surface area contributed by atoms with Gasteiger partial charge in [-0.05, 0) is 29.4 Å². The molecule has 0 amide bonds. The summed E-state index contributed by atoms with van der Waals surface area (Å²) in [6.45, 7) is 25.9. The van der Waals surface area contributed by atoms with Crippen LogP contribution in [0.3, 0.4) is 0 Å². The van der Waals surface area contributed by atoms with E-state index in [-0.39, 0.29) is 99.3 Å². The van der Waals surface area contributed by atoms with Gasteiger partial charge in [0.05, 0.1) is 22.9 Å². The molecule has 0 aliphatic carbocycles. The molecule has 7 nitrogen and oxygen atoms in total. The maximum Gasteiger partial charge on any atom is 0.0665 e. The van der Waals surface area contributed by atoms with Gasteiger partial charge in [-0.1, -0.05) is 110 Å². The van der Waals surface area contributed by atoms with Crippen LogP contribution in [0.25, 0.3) is 10.6 Å². The molecule has 2 aromatic carbocycles. The maximum absolute atomic E-state index is 11.6. The molecule has 0 N–H and O–H groups in total. The summed E-state index contributed by atoms with van der Waals surface area (Å²) >= 11 is 4.15. The van der Waals surface area contributed by atoms with Crippen molar-refractivity contribution in [1.29, 1.82) is 0 Å². The fraction of sp³-hybridized carbons (Fsp3) is 0.474. The minimum Gasteiger partial charge on any atom is -0.461 e. The number of alkyl halides is 1. The van der Waals surface area contributed by atoms with E-state index in [0.717, 1.165) is 51.5 Å². The number of para-hydroxylation sites is 2. The van der Waals surface area contributed by atoms with E-state index >= 15 is 0 Å². The zero-order valence-corrected chi connectivity index (χ0v) is 48.2. The first kappa shape index (κ1) is 64.6. The summed E-state index contributed by atoms with van der Waals surface area (Å²) in [7, 11) is -0.869. The molecule has 0 fully saturated rings. The molecule has 52 heavy (non-hydrogen) atoms. The van der Waals surface area contributed by atoms with Crippen molar-refractivity contribution in [2.75, 3.05) is 4.43 Å². The minimum atomic E-state index is -0.869. The fourth-order valence-electron chi connectivity index (χ4n) is 3.74. The van der Waals surface area contributed by atoms with Crippen molar-refractivity contribution in [2.45, 2.75) is 113 Å². The summed E-state index contributed by atoms with van der Waals surface area (Å²) in [5.74, 6) is 5.84. The number of rotatable bonds is 4. The third-order valence-electron chi connectivity index (χ3n) is 5.29. The van der Waals surface area contributed by atoms with Crippen molar-refractivity contribution in [1.82, 2.24) is 19.9 Å². The van der Waals surface area contributed by atoms with Gasteiger partial charge in [0.15, 0.2) is 0 Å². The van der Waals surface area contributed by atoms with Crippen molar-refractivity contribution in [2.24, 2.45) is 0 Å². The van der Waals surface area contributed by atoms with Gasteiger partial charge in [0.1, 0.15) is 0 Å². The van der Waals surface area contributed by atoms with Crippen LogP contribution in [0.15, 0.2) is 48.5 Å². The average Bonchev–Trinajstić information content (AvgIpc) is 3.77. The standard InChI is InChI=1S/C13H11N3OS.C13H11N3S.C2H5I.5C2H6.2U.2V/c1-9-14-12-8-18(17)7-11(12)13(15-9)16-10-5-3-2-4-6-10;1-9-14-12-8-17-7-11(12)13(15-9)16-10-5-3-2-4-6-10;1-2-3;5*1-2;;;;/h2-5H,7-8H2,1H3;2-5H,7-8H2,1H3;2H2,1H3;5*1-2H3;;;;/q2*-2;;;;;;;;;;. The van der Waals surface area contributed by atoms with Crippen LogP contribution in [-0.2, 0) is 70.9 Å². The Hall–Kier alpha value is 0.703. The van der Waals surface area contributed by atoms with Crippen LogP contribution in [0, 0.1) is 88.2 Å². The second-order valence-corrected chi connectivity index (χ2v) is 12.2. The normalized spacial score (nSPS) is 11.4. The first-order valence-electron chi connectivity index (χ1n) is 17.0. The molecule has 286 valence electrons. The molecule has 14 heteroatoms. The van der Waals surface area contributed by atoms with Gasteiger partial charge in [0, 0.05) is 133 Å². The molecule has 6 rings (SSSR count). The van der Waals surface area contributed by atoms with Crippen molar-refractivity contribution < 1.29 is 104 Å². The van der Waals surface area contributed by atoms with E-state index in [4.69, 9.17) is 0 Å². The molecule has 0 spiro atoms. The number of thioether (sulfide) groups is 1. The first-order chi connectivity index (χ1) is 23.5. The van der Waals surface area contributed by atoms with Crippen molar-refractivity contribution >= 4 is 68.2 Å². The SMILES string of the molecule is CC.CC.CC.CC.CC.CCI.Cc1nc2c(c([N-]c3[c-]cccc3)n1)CS(=O)C2.Cc1nc2c(c([N-]c3[c-]cccc3)n1)CSC2.[U].[U].[V].[V]. The minimum absolute atomic E-state index is 0. The number of hydrogen-bond acceptors (Lipinski definition) is 6. The molecule has 2 aliphatic rings. The predicted molar refractivity (Wildman–Crippen MR) is 221 cm³/mol. The van der Waals surface area contributed by atoms with Crippen LogP contribution in [0.4, 0.5) is 23.0 Å². The van der Waals surface area contributed by atoms with Gasteiger partial charge in [-0.2, -0.15) is 83.8 Å². The fourth-order valence-corrected chi connectivity index (χ4v) is 6.04. The Bertz CT molecular complexity index is 1420. The molecule has 4 aromatic rings. The van der Waals surface area contributed by atoms with E-state index in [9.17, 15) is 4.21 Å². The van der Waals surface area contributed by atoms with Gasteiger partial charge < -0.3 is 20.6 Å². The Balaban J connectivity index is -0.000000146. The molecular formula is C38H57IN6OS2U2V2-4. The summed E-state index contributed by atoms with van der Waals surface area (Å²) in [6.07, 6.45) is 0. The van der Waals surface area contributed by atoms with Gasteiger partial charge in [-0.15, -0.1) is 0 Å². The van der Waals surface area contributed by atoms with Gasteiger partial charge in [0.25, 0.3) is 0 Å². The third kappa shape index (κ3) is 25.1. The van der Waals surface area contributed by atoms with Gasteiger partial charge in [0.2, 0.25) is 0 Å². The van der Waals surface area contributed by atoms with Crippen molar-refractivity contribution in [3.05, 3.63) is 105 Å². The zero-order chi connectivity index (χ0) is 36.9. The smallest absolute Gasteiger partial charge is 0.0665 e. The van der Waals surface area contributed by atoms with Gasteiger partial charge in [-0.25, -0.2) is 0 Å². The first-order valence-corrected chi connectivity index (χ1v) is 21.2. The molecule has 1 atom stereocenters. The summed E-state index contributed by atoms with van der Waals surface area (Å²) < 4.78 is 12.8. The molecule has 2 aliphatic heterocycles. The van der Waals surface area contributed by atoms with Crippen molar-refractivity contribution in [3.8, 4) is 0 Å². The molecule has 1 unspecified atom stereocenters. The van der Waals surface area contributed by atoms with Crippen LogP contribution in [0.1, 0.15) is 110 Å². The summed E-state index contributed by atoms with van der Waals surface area (Å²) in [5.41, 5.74) is 5.65. The Morgan fingerprint density at radius 3 is 1.48 bits per heavy atom. The maximum atomic E-state index is 11.6. The Morgan fingerprint density at radius 2 is 1.08 bits per heavy atom. The summed E-state index contributed by atoms with van der Waals surface area (Å²) in [5, 5.41) is 9.02. The van der Waals surface area contributed by atoms with Crippen LogP contribution in [-0.4, -0.2) is 28.6 Å². The van der Waals surface area contributed by atoms with E-state index in [1.165, 1.54) is 9.99 Å². The largest absolute Gasteiger partial charge is 0.461 e. The Morgan fingerprint density at radius 1 is 0.673 bits per heavy atom. The van der Waals surface area contributed by atoms with E-state index in [1.54, 1.807) is 0 Å². The predicted octanol–water partition coefficient (Wildman–Crippen LogP) is 12.9. The van der Waals surface area contributed by atoms with Crippen LogP contribution >= 0.6 is 34.4 Å². The molecule has 2 aromatic heterocycles. The quantitative estimate of drug-likeness (QED) is 0.115. The summed E-state index contributed by atoms with van der Waals surface area (Å²) in [4.78, 5) is 17.6. The number of halogens is 1. The molecule has 0 saturated carbocycles. The van der Waals surface area contributed by atoms with Gasteiger partial charge >= 0.3 is 0 Å². The van der Waals surface area contributed by atoms with Crippen LogP contribution < -0.4 is 0 Å². The van der Waals surface area contributed by atoms with Gasteiger partial charge in [-0.3, -0.25) is 14.2 Å². The number of benzene rings is 2. The number of nitrogens with zero attached hydrogens (tertiary/aromatic N) is 6. The second-order valence-electron chi connectivity index (χ2n) is 8.25. The third-order valence-corrected chi connectivity index (χ3v) is 7.47. The average molecular weight is 1380 g/mol. The number of aryl methyl sites for hydroxylation is 2. The van der Waals surface area contributed by atoms with E-state index < -0.39 is 10.8 Å².